The molecule has 0 unspecified atom stereocenters. The third kappa shape index (κ3) is 7.99. The third-order valence-electron chi connectivity index (χ3n) is 4.62. The number of ether oxygens (including phenoxy) is 1. The van der Waals surface area contributed by atoms with E-state index in [0.717, 1.165) is 58.4 Å². The molecule has 25 heavy (non-hydrogen) atoms. The lowest BCUT2D eigenvalue weighted by molar-refractivity contribution is 0.129. The zero-order valence-corrected chi connectivity index (χ0v) is 17.0. The third-order valence-corrected chi connectivity index (χ3v) is 5.50. The van der Waals surface area contributed by atoms with Gasteiger partial charge in [-0.1, -0.05) is 37.9 Å². The molecule has 1 aliphatic rings. The van der Waals surface area contributed by atoms with Crippen molar-refractivity contribution in [1.29, 1.82) is 0 Å². The lowest BCUT2D eigenvalue weighted by atomic mass is 10.1. The fraction of sp³-hybridized carbons (Fsp3) is 0.700. The van der Waals surface area contributed by atoms with Gasteiger partial charge in [-0.15, -0.1) is 0 Å². The molecule has 0 spiro atoms. The number of hydrogen-bond acceptors (Lipinski definition) is 5. The summed E-state index contributed by atoms with van der Waals surface area (Å²) in [6.07, 6.45) is 4.59. The van der Waals surface area contributed by atoms with Crippen molar-refractivity contribution in [2.24, 2.45) is 5.92 Å². The average molecular weight is 366 g/mol. The van der Waals surface area contributed by atoms with Crippen LogP contribution >= 0.6 is 11.9 Å². The lowest BCUT2D eigenvalue weighted by Crippen LogP contribution is -2.43. The Hall–Kier alpha value is -0.750. The van der Waals surface area contributed by atoms with Crippen molar-refractivity contribution in [2.75, 3.05) is 57.1 Å². The molecule has 1 saturated heterocycles. The maximum absolute atomic E-state index is 5.66. The summed E-state index contributed by atoms with van der Waals surface area (Å²) in [5.74, 6) is 0.777. The minimum Gasteiger partial charge on any atom is -0.380 e. The lowest BCUT2D eigenvalue weighted by Gasteiger charge is -2.34. The van der Waals surface area contributed by atoms with E-state index in [0.29, 0.717) is 0 Å². The molecule has 1 fully saturated rings. The number of anilines is 1. The first-order chi connectivity index (χ1) is 12.2. The summed E-state index contributed by atoms with van der Waals surface area (Å²) in [4.78, 5) is 2.48. The first-order valence-electron chi connectivity index (χ1n) is 9.60. The first kappa shape index (κ1) is 20.6. The number of rotatable bonds is 11. The Labute approximate surface area is 158 Å². The van der Waals surface area contributed by atoms with E-state index < -0.39 is 0 Å². The monoisotopic (exact) mass is 365 g/mol. The number of hydrogen-bond donors (Lipinski definition) is 1. The summed E-state index contributed by atoms with van der Waals surface area (Å²) < 4.78 is 8.09. The Morgan fingerprint density at radius 2 is 1.80 bits per heavy atom. The highest BCUT2D eigenvalue weighted by molar-refractivity contribution is 7.96. The molecule has 0 atom stereocenters. The summed E-state index contributed by atoms with van der Waals surface area (Å²) >= 11 is 1.85. The molecule has 0 aliphatic carbocycles. The van der Waals surface area contributed by atoms with Crippen LogP contribution in [0, 0.1) is 5.92 Å². The average Bonchev–Trinajstić information content (AvgIpc) is 2.64. The maximum Gasteiger partial charge on any atom is 0.0591 e. The van der Waals surface area contributed by atoms with Gasteiger partial charge in [-0.3, -0.25) is 0 Å². The molecule has 0 aromatic heterocycles. The zero-order valence-electron chi connectivity index (χ0n) is 16.2. The van der Waals surface area contributed by atoms with Gasteiger partial charge in [-0.05, 0) is 42.7 Å². The molecule has 4 nitrogen and oxygen atoms in total. The van der Waals surface area contributed by atoms with Crippen LogP contribution in [0.4, 0.5) is 5.69 Å². The van der Waals surface area contributed by atoms with Crippen molar-refractivity contribution in [3.05, 3.63) is 29.8 Å². The molecule has 5 heteroatoms. The molecule has 0 bridgehead atoms. The number of nitrogens with zero attached hydrogens (tertiary/aromatic N) is 2. The largest absolute Gasteiger partial charge is 0.380 e. The Morgan fingerprint density at radius 3 is 2.44 bits per heavy atom. The molecule has 1 aliphatic heterocycles. The van der Waals surface area contributed by atoms with E-state index in [1.165, 1.54) is 24.1 Å². The molecule has 0 amide bonds. The van der Waals surface area contributed by atoms with Crippen LogP contribution in [0.3, 0.4) is 0 Å². The van der Waals surface area contributed by atoms with Gasteiger partial charge in [0.15, 0.2) is 0 Å². The second-order valence-electron chi connectivity index (χ2n) is 7.09. The smallest absolute Gasteiger partial charge is 0.0591 e. The highest BCUT2D eigenvalue weighted by Gasteiger charge is 2.16. The Balaban J connectivity index is 1.58. The van der Waals surface area contributed by atoms with Gasteiger partial charge in [0, 0.05) is 51.6 Å². The van der Waals surface area contributed by atoms with E-state index in [1.807, 2.05) is 11.9 Å². The molecule has 1 aromatic carbocycles. The minimum atomic E-state index is 0.777. The highest BCUT2D eigenvalue weighted by atomic mass is 32.2. The predicted octanol–water partition coefficient (Wildman–Crippen LogP) is 3.63. The van der Waals surface area contributed by atoms with E-state index in [1.54, 1.807) is 0 Å². The van der Waals surface area contributed by atoms with Crippen molar-refractivity contribution in [3.63, 3.8) is 0 Å². The van der Waals surface area contributed by atoms with Crippen LogP contribution in [0.2, 0.25) is 0 Å². The summed E-state index contributed by atoms with van der Waals surface area (Å²) in [5, 5.41) is 3.47. The van der Waals surface area contributed by atoms with Gasteiger partial charge in [-0.25, -0.2) is 4.31 Å². The van der Waals surface area contributed by atoms with Gasteiger partial charge in [0.05, 0.1) is 6.61 Å². The Bertz CT molecular complexity index is 459. The standard InChI is InChI=1S/C20H35N3OS/c1-18(2)5-4-15-24-16-10-21-17-19-6-8-20(9-7-19)22-11-13-23(25-3)14-12-22/h6-9,18,21H,4-5,10-17H2,1-3H3. The molecule has 1 N–H and O–H groups in total. The number of nitrogens with one attached hydrogen (secondary N) is 1. The quantitative estimate of drug-likeness (QED) is 0.477. The van der Waals surface area contributed by atoms with E-state index >= 15 is 0 Å². The van der Waals surface area contributed by atoms with Crippen LogP contribution in [0.5, 0.6) is 0 Å². The zero-order chi connectivity index (χ0) is 17.9. The maximum atomic E-state index is 5.66. The Kier molecular flexibility index (Phi) is 9.69. The van der Waals surface area contributed by atoms with Crippen LogP contribution in [-0.2, 0) is 11.3 Å². The molecule has 0 radical (unpaired) electrons. The fourth-order valence-corrected chi connectivity index (χ4v) is 3.55. The SMILES string of the molecule is CSN1CCN(c2ccc(CNCCOCCCC(C)C)cc2)CC1. The fourth-order valence-electron chi connectivity index (χ4n) is 3.03. The second kappa shape index (κ2) is 11.8. The molecule has 142 valence electrons. The molecule has 2 rings (SSSR count). The molecular weight excluding hydrogens is 330 g/mol. The van der Waals surface area contributed by atoms with Crippen LogP contribution in [0.15, 0.2) is 24.3 Å². The highest BCUT2D eigenvalue weighted by Crippen LogP contribution is 2.19. The first-order valence-corrected chi connectivity index (χ1v) is 10.8. The molecule has 0 saturated carbocycles. The number of benzene rings is 1. The van der Waals surface area contributed by atoms with Gasteiger partial charge in [0.1, 0.15) is 0 Å². The van der Waals surface area contributed by atoms with Gasteiger partial charge >= 0.3 is 0 Å². The molecule has 1 aromatic rings. The van der Waals surface area contributed by atoms with Crippen molar-refractivity contribution in [2.45, 2.75) is 33.2 Å². The van der Waals surface area contributed by atoms with Gasteiger partial charge in [0.25, 0.3) is 0 Å². The van der Waals surface area contributed by atoms with Crippen LogP contribution in [0.25, 0.3) is 0 Å². The summed E-state index contributed by atoms with van der Waals surface area (Å²) in [5.41, 5.74) is 2.68. The van der Waals surface area contributed by atoms with Crippen molar-refractivity contribution in [1.82, 2.24) is 9.62 Å². The van der Waals surface area contributed by atoms with Crippen LogP contribution in [0.1, 0.15) is 32.3 Å². The Morgan fingerprint density at radius 1 is 1.08 bits per heavy atom. The van der Waals surface area contributed by atoms with E-state index in [9.17, 15) is 0 Å². The molecule has 1 heterocycles. The van der Waals surface area contributed by atoms with Crippen molar-refractivity contribution >= 4 is 17.6 Å². The van der Waals surface area contributed by atoms with Gasteiger partial charge in [0.2, 0.25) is 0 Å². The topological polar surface area (TPSA) is 27.7 Å². The minimum absolute atomic E-state index is 0.777. The van der Waals surface area contributed by atoms with Gasteiger partial charge < -0.3 is 15.0 Å². The van der Waals surface area contributed by atoms with E-state index in [4.69, 9.17) is 4.74 Å². The van der Waals surface area contributed by atoms with E-state index in [2.05, 4.69) is 58.9 Å². The molecular formula is C20H35N3OS. The summed E-state index contributed by atoms with van der Waals surface area (Å²) in [6.45, 7) is 12.6. The van der Waals surface area contributed by atoms with Crippen LogP contribution < -0.4 is 10.2 Å². The number of piperazine rings is 1. The normalized spacial score (nSPS) is 15.9. The van der Waals surface area contributed by atoms with Crippen molar-refractivity contribution < 1.29 is 4.74 Å². The van der Waals surface area contributed by atoms with Crippen molar-refractivity contribution in [3.8, 4) is 0 Å². The predicted molar refractivity (Wildman–Crippen MR) is 110 cm³/mol. The summed E-state index contributed by atoms with van der Waals surface area (Å²) in [7, 11) is 0. The summed E-state index contributed by atoms with van der Waals surface area (Å²) in [6, 6.07) is 9.00. The van der Waals surface area contributed by atoms with Crippen LogP contribution in [-0.4, -0.2) is 56.5 Å². The van der Waals surface area contributed by atoms with E-state index in [-0.39, 0.29) is 0 Å². The van der Waals surface area contributed by atoms with Gasteiger partial charge in [-0.2, -0.15) is 0 Å². The second-order valence-corrected chi connectivity index (χ2v) is 7.97.